The lowest BCUT2D eigenvalue weighted by Crippen LogP contribution is -2.43. The number of rotatable bonds is 3. The number of hydrogen-bond acceptors (Lipinski definition) is 5. The number of aryl methyl sites for hydroxylation is 1. The number of nitrogens with one attached hydrogen (secondary N) is 3. The molecule has 1 aromatic heterocycles. The number of benzene rings is 2. The summed E-state index contributed by atoms with van der Waals surface area (Å²) >= 11 is 12.7. The van der Waals surface area contributed by atoms with Crippen LogP contribution in [0.2, 0.25) is 5.02 Å². The fourth-order valence-corrected chi connectivity index (χ4v) is 4.14. The molecule has 0 unspecified atom stereocenters. The number of hydrogen-bond donors (Lipinski definition) is 3. The Morgan fingerprint density at radius 3 is 2.64 bits per heavy atom. The normalized spacial score (nSPS) is 10.4. The zero-order valence-electron chi connectivity index (χ0n) is 15.0. The molecule has 0 radical (unpaired) electrons. The Balaban J connectivity index is 1.66. The van der Waals surface area contributed by atoms with E-state index in [1.807, 2.05) is 25.1 Å². The zero-order chi connectivity index (χ0) is 20.3. The van der Waals surface area contributed by atoms with Crippen LogP contribution in [0.5, 0.6) is 0 Å². The first-order valence-corrected chi connectivity index (χ1v) is 9.73. The fraction of sp³-hybridized carbons (Fsp3) is 0.105. The van der Waals surface area contributed by atoms with E-state index in [-0.39, 0.29) is 11.0 Å². The molecule has 0 aliphatic carbocycles. The van der Waals surface area contributed by atoms with Crippen LogP contribution in [0.1, 0.15) is 25.6 Å². The van der Waals surface area contributed by atoms with Gasteiger partial charge in [0.25, 0.3) is 5.91 Å². The van der Waals surface area contributed by atoms with Gasteiger partial charge in [0.15, 0.2) is 5.11 Å². The van der Waals surface area contributed by atoms with Crippen molar-refractivity contribution in [2.75, 3.05) is 12.4 Å². The van der Waals surface area contributed by atoms with Crippen LogP contribution >= 0.6 is 35.2 Å². The number of ether oxygens (including phenoxy) is 1. The maximum atomic E-state index is 12.1. The molecule has 0 saturated heterocycles. The van der Waals surface area contributed by atoms with Crippen LogP contribution in [0, 0.1) is 6.92 Å². The Bertz CT molecular complexity index is 1080. The van der Waals surface area contributed by atoms with Crippen LogP contribution < -0.4 is 16.2 Å². The smallest absolute Gasteiger partial charge is 0.349 e. The van der Waals surface area contributed by atoms with Gasteiger partial charge in [0, 0.05) is 21.3 Å². The number of thiocarbonyl (C=S) groups is 1. The lowest BCUT2D eigenvalue weighted by atomic mass is 10.1. The first kappa shape index (κ1) is 20.1. The molecule has 3 aromatic rings. The van der Waals surface area contributed by atoms with E-state index >= 15 is 0 Å². The molecule has 1 heterocycles. The highest BCUT2D eigenvalue weighted by Crippen LogP contribution is 2.37. The predicted molar refractivity (Wildman–Crippen MR) is 116 cm³/mol. The molecule has 9 heteroatoms. The highest BCUT2D eigenvalue weighted by Gasteiger charge is 2.17. The van der Waals surface area contributed by atoms with E-state index in [0.717, 1.165) is 15.6 Å². The number of carbonyl (C=O) groups is 2. The summed E-state index contributed by atoms with van der Waals surface area (Å²) in [7, 11) is 1.31. The molecule has 0 aliphatic rings. The molecule has 0 saturated carbocycles. The average Bonchev–Trinajstić information content (AvgIpc) is 3.01. The molecule has 1 amide bonds. The molecule has 0 bridgehead atoms. The van der Waals surface area contributed by atoms with Crippen molar-refractivity contribution in [3.05, 3.63) is 63.5 Å². The summed E-state index contributed by atoms with van der Waals surface area (Å²) in [5, 5.41) is 4.32. The van der Waals surface area contributed by atoms with Gasteiger partial charge in [-0.1, -0.05) is 29.3 Å². The van der Waals surface area contributed by atoms with E-state index in [0.29, 0.717) is 21.2 Å². The molecule has 6 nitrogen and oxygen atoms in total. The van der Waals surface area contributed by atoms with Crippen LogP contribution in [0.3, 0.4) is 0 Å². The van der Waals surface area contributed by atoms with E-state index in [4.69, 9.17) is 28.6 Å². The number of halogens is 1. The van der Waals surface area contributed by atoms with Crippen LogP contribution in [0.25, 0.3) is 10.1 Å². The summed E-state index contributed by atoms with van der Waals surface area (Å²) in [4.78, 5) is 24.3. The number of methoxy groups -OCH3 is 1. The molecule has 2 aromatic carbocycles. The van der Waals surface area contributed by atoms with Gasteiger partial charge >= 0.3 is 5.97 Å². The third kappa shape index (κ3) is 4.41. The predicted octanol–water partition coefficient (Wildman–Crippen LogP) is 4.28. The van der Waals surface area contributed by atoms with Crippen molar-refractivity contribution in [1.29, 1.82) is 0 Å². The largest absolute Gasteiger partial charge is 0.465 e. The highest BCUT2D eigenvalue weighted by molar-refractivity contribution is 7.80. The Hall–Kier alpha value is -2.68. The minimum atomic E-state index is -0.475. The Kier molecular flexibility index (Phi) is 6.13. The summed E-state index contributed by atoms with van der Waals surface area (Å²) in [6.45, 7) is 1.91. The lowest BCUT2D eigenvalue weighted by Gasteiger charge is -2.12. The van der Waals surface area contributed by atoms with Crippen molar-refractivity contribution in [2.24, 2.45) is 0 Å². The lowest BCUT2D eigenvalue weighted by molar-refractivity contribution is 0.0606. The van der Waals surface area contributed by atoms with E-state index in [1.165, 1.54) is 18.4 Å². The first-order valence-electron chi connectivity index (χ1n) is 8.13. The molecular formula is C19H16ClN3O3S2. The van der Waals surface area contributed by atoms with Crippen LogP contribution in [-0.4, -0.2) is 24.1 Å². The fourth-order valence-electron chi connectivity index (χ4n) is 2.50. The quantitative estimate of drug-likeness (QED) is 0.325. The second-order valence-electron chi connectivity index (χ2n) is 5.85. The minimum Gasteiger partial charge on any atom is -0.465 e. The Morgan fingerprint density at radius 2 is 1.93 bits per heavy atom. The second-order valence-corrected chi connectivity index (χ2v) is 7.69. The van der Waals surface area contributed by atoms with Gasteiger partial charge in [-0.3, -0.25) is 15.6 Å². The van der Waals surface area contributed by atoms with Crippen molar-refractivity contribution in [3.8, 4) is 0 Å². The molecular weight excluding hydrogens is 418 g/mol. The van der Waals surface area contributed by atoms with Crippen LogP contribution in [-0.2, 0) is 4.74 Å². The number of carbonyl (C=O) groups excluding carboxylic acids is 2. The summed E-state index contributed by atoms with van der Waals surface area (Å²) in [6, 6.07) is 12.6. The maximum Gasteiger partial charge on any atom is 0.349 e. The monoisotopic (exact) mass is 433 g/mol. The van der Waals surface area contributed by atoms with Gasteiger partial charge < -0.3 is 10.1 Å². The molecule has 0 aliphatic heterocycles. The van der Waals surface area contributed by atoms with E-state index in [2.05, 4.69) is 16.2 Å². The van der Waals surface area contributed by atoms with Gasteiger partial charge in [0.2, 0.25) is 0 Å². The average molecular weight is 434 g/mol. The number of amides is 1. The Labute approximate surface area is 175 Å². The topological polar surface area (TPSA) is 79.5 Å². The van der Waals surface area contributed by atoms with Crippen molar-refractivity contribution in [1.82, 2.24) is 10.9 Å². The van der Waals surface area contributed by atoms with Gasteiger partial charge in [-0.2, -0.15) is 0 Å². The maximum absolute atomic E-state index is 12.1. The number of esters is 1. The third-order valence-electron chi connectivity index (χ3n) is 3.83. The second kappa shape index (κ2) is 8.55. The molecule has 0 atom stereocenters. The van der Waals surface area contributed by atoms with E-state index in [1.54, 1.807) is 24.3 Å². The van der Waals surface area contributed by atoms with E-state index < -0.39 is 5.97 Å². The van der Waals surface area contributed by atoms with Crippen molar-refractivity contribution < 1.29 is 14.3 Å². The Morgan fingerprint density at radius 1 is 1.14 bits per heavy atom. The summed E-state index contributed by atoms with van der Waals surface area (Å²) in [6.07, 6.45) is 0. The molecule has 0 spiro atoms. The molecule has 3 rings (SSSR count). The van der Waals surface area contributed by atoms with Gasteiger partial charge in [-0.05, 0) is 49.5 Å². The standard InChI is InChI=1S/C19H16ClN3O3S2/c1-10-4-3-5-11(8-10)17(24)22-23-19(27)21-12-6-7-13-14(9-12)28-16(15(13)20)18(25)26-2/h3-9H,1-2H3,(H,22,24)(H2,21,23,27). The first-order chi connectivity index (χ1) is 13.4. The van der Waals surface area contributed by atoms with Gasteiger partial charge in [0.1, 0.15) is 4.88 Å². The molecule has 3 N–H and O–H groups in total. The van der Waals surface area contributed by atoms with Crippen molar-refractivity contribution in [2.45, 2.75) is 6.92 Å². The SMILES string of the molecule is COC(=O)c1sc2cc(NC(=S)NNC(=O)c3cccc(C)c3)ccc2c1Cl. The molecule has 0 fully saturated rings. The molecule has 28 heavy (non-hydrogen) atoms. The summed E-state index contributed by atoms with van der Waals surface area (Å²) in [5.74, 6) is -0.771. The number of anilines is 1. The van der Waals surface area contributed by atoms with Crippen LogP contribution in [0.15, 0.2) is 42.5 Å². The highest BCUT2D eigenvalue weighted by atomic mass is 35.5. The summed E-state index contributed by atoms with van der Waals surface area (Å²) in [5.41, 5.74) is 7.41. The van der Waals surface area contributed by atoms with Gasteiger partial charge in [0.05, 0.1) is 12.1 Å². The van der Waals surface area contributed by atoms with Crippen molar-refractivity contribution >= 4 is 67.9 Å². The van der Waals surface area contributed by atoms with E-state index in [9.17, 15) is 9.59 Å². The zero-order valence-corrected chi connectivity index (χ0v) is 17.3. The number of thiophene rings is 1. The number of fused-ring (bicyclic) bond motifs is 1. The number of hydrazine groups is 1. The van der Waals surface area contributed by atoms with Crippen molar-refractivity contribution in [3.63, 3.8) is 0 Å². The van der Waals surface area contributed by atoms with Gasteiger partial charge in [-0.25, -0.2) is 4.79 Å². The van der Waals surface area contributed by atoms with Crippen LogP contribution in [0.4, 0.5) is 5.69 Å². The summed E-state index contributed by atoms with van der Waals surface area (Å²) < 4.78 is 5.55. The van der Waals surface area contributed by atoms with Gasteiger partial charge in [-0.15, -0.1) is 11.3 Å². The minimum absolute atomic E-state index is 0.219. The molecule has 144 valence electrons. The third-order valence-corrected chi connectivity index (χ3v) is 5.67.